The summed E-state index contributed by atoms with van der Waals surface area (Å²) < 4.78 is 38.9. The average Bonchev–Trinajstić information content (AvgIpc) is 2.68. The summed E-state index contributed by atoms with van der Waals surface area (Å²) in [6.45, 7) is 2.57. The van der Waals surface area contributed by atoms with Gasteiger partial charge in [-0.2, -0.15) is 4.31 Å². The minimum atomic E-state index is -3.61. The van der Waals surface area contributed by atoms with Crippen molar-refractivity contribution >= 4 is 15.8 Å². The van der Waals surface area contributed by atoms with E-state index in [9.17, 15) is 8.42 Å². The first-order valence-electron chi connectivity index (χ1n) is 9.12. The van der Waals surface area contributed by atoms with Crippen molar-refractivity contribution in [2.75, 3.05) is 39.2 Å². The fraction of sp³-hybridized carbons (Fsp3) is 0.474. The van der Waals surface area contributed by atoms with Crippen molar-refractivity contribution in [3.05, 3.63) is 36.2 Å². The van der Waals surface area contributed by atoms with Crippen molar-refractivity contribution in [3.8, 4) is 11.6 Å². The molecule has 1 saturated heterocycles. The van der Waals surface area contributed by atoms with Crippen LogP contribution >= 0.6 is 0 Å². The molecule has 1 atom stereocenters. The molecule has 0 saturated carbocycles. The highest BCUT2D eigenvalue weighted by molar-refractivity contribution is 7.89. The van der Waals surface area contributed by atoms with Crippen LogP contribution in [0.3, 0.4) is 0 Å². The van der Waals surface area contributed by atoms with E-state index in [1.165, 1.54) is 4.31 Å². The van der Waals surface area contributed by atoms with Crippen LogP contribution in [0.5, 0.6) is 11.6 Å². The maximum Gasteiger partial charge on any atom is 0.257 e. The molecule has 1 aromatic heterocycles. The number of rotatable bonds is 6. The molecule has 0 bridgehead atoms. The Hall–Kier alpha value is -2.39. The average molecular weight is 407 g/mol. The molecule has 1 fully saturated rings. The molecule has 2 aromatic rings. The van der Waals surface area contributed by atoms with E-state index in [1.54, 1.807) is 37.7 Å². The lowest BCUT2D eigenvalue weighted by Gasteiger charge is -2.32. The quantitative estimate of drug-likeness (QED) is 0.726. The lowest BCUT2D eigenvalue weighted by molar-refractivity contribution is 0.125. The van der Waals surface area contributed by atoms with Gasteiger partial charge in [0.25, 0.3) is 5.88 Å². The lowest BCUT2D eigenvalue weighted by Crippen LogP contribution is -2.44. The monoisotopic (exact) mass is 406 g/mol. The third-order valence-corrected chi connectivity index (χ3v) is 6.55. The van der Waals surface area contributed by atoms with Gasteiger partial charge < -0.3 is 14.4 Å². The number of hydrogen-bond acceptors (Lipinski definition) is 7. The number of nitrogens with zero attached hydrogens (tertiary/aromatic N) is 4. The summed E-state index contributed by atoms with van der Waals surface area (Å²) in [5, 5.41) is 0. The van der Waals surface area contributed by atoms with E-state index in [2.05, 4.69) is 9.97 Å². The second-order valence-electron chi connectivity index (χ2n) is 6.96. The Morgan fingerprint density at radius 3 is 2.64 bits per heavy atom. The minimum absolute atomic E-state index is 0.264. The molecule has 8 nitrogen and oxygen atoms in total. The minimum Gasteiger partial charge on any atom is -0.496 e. The number of methoxy groups -OCH3 is 1. The molecule has 0 N–H and O–H groups in total. The molecule has 1 aliphatic heterocycles. The third kappa shape index (κ3) is 4.20. The van der Waals surface area contributed by atoms with Gasteiger partial charge in [0.1, 0.15) is 11.9 Å². The van der Waals surface area contributed by atoms with E-state index in [0.717, 1.165) is 18.4 Å². The van der Waals surface area contributed by atoms with Crippen molar-refractivity contribution in [2.24, 2.45) is 0 Å². The summed E-state index contributed by atoms with van der Waals surface area (Å²) >= 11 is 0. The molecule has 9 heteroatoms. The number of ether oxygens (including phenoxy) is 2. The summed E-state index contributed by atoms with van der Waals surface area (Å²) in [5.74, 6) is 1.70. The highest BCUT2D eigenvalue weighted by atomic mass is 32.2. The molecule has 152 valence electrons. The number of piperidine rings is 1. The largest absolute Gasteiger partial charge is 0.496 e. The second kappa shape index (κ2) is 8.32. The van der Waals surface area contributed by atoms with Crippen LogP contribution in [0.25, 0.3) is 0 Å². The van der Waals surface area contributed by atoms with Gasteiger partial charge in [-0.1, -0.05) is 0 Å². The Balaban J connectivity index is 1.78. The van der Waals surface area contributed by atoms with Crippen LogP contribution in [0.1, 0.15) is 18.4 Å². The first kappa shape index (κ1) is 20.3. The zero-order chi connectivity index (χ0) is 20.3. The molecule has 1 aliphatic rings. The molecule has 1 aromatic carbocycles. The number of sulfonamides is 1. The van der Waals surface area contributed by atoms with Crippen molar-refractivity contribution in [2.45, 2.75) is 30.8 Å². The van der Waals surface area contributed by atoms with Crippen LogP contribution in [0.15, 0.2) is 35.5 Å². The van der Waals surface area contributed by atoms with Gasteiger partial charge in [0.15, 0.2) is 5.82 Å². The zero-order valence-electron chi connectivity index (χ0n) is 16.6. The standard InChI is InChI=1S/C19H26N4O4S/c1-14-12-16(7-8-17(14)26-4)28(24,25)23-11-5-6-15(13-23)27-19-18(22(2)3)20-9-10-21-19/h7-10,12,15H,5-6,11,13H2,1-4H3. The normalized spacial score (nSPS) is 17.9. The SMILES string of the molecule is COc1ccc(S(=O)(=O)N2CCCC(Oc3nccnc3N(C)C)C2)cc1C. The van der Waals surface area contributed by atoms with E-state index in [-0.39, 0.29) is 17.5 Å². The van der Waals surface area contributed by atoms with E-state index >= 15 is 0 Å². The molecule has 0 aliphatic carbocycles. The zero-order valence-corrected chi connectivity index (χ0v) is 17.4. The van der Waals surface area contributed by atoms with Crippen molar-refractivity contribution in [1.82, 2.24) is 14.3 Å². The molecule has 0 amide bonds. The first-order chi connectivity index (χ1) is 13.3. The smallest absolute Gasteiger partial charge is 0.257 e. The molecule has 0 spiro atoms. The van der Waals surface area contributed by atoms with Gasteiger partial charge >= 0.3 is 0 Å². The predicted octanol–water partition coefficient (Wildman–Crippen LogP) is 2.09. The maximum atomic E-state index is 13.1. The number of aromatic nitrogens is 2. The molecule has 1 unspecified atom stereocenters. The van der Waals surface area contributed by atoms with Gasteiger partial charge in [-0.05, 0) is 43.5 Å². The van der Waals surface area contributed by atoms with E-state index in [0.29, 0.717) is 24.0 Å². The van der Waals surface area contributed by atoms with Crippen LogP contribution in [-0.2, 0) is 10.0 Å². The lowest BCUT2D eigenvalue weighted by atomic mass is 10.1. The number of benzene rings is 1. The molecule has 2 heterocycles. The summed E-state index contributed by atoms with van der Waals surface area (Å²) in [6.07, 6.45) is 4.37. The van der Waals surface area contributed by atoms with E-state index in [4.69, 9.17) is 9.47 Å². The molecule has 0 radical (unpaired) electrons. The second-order valence-corrected chi connectivity index (χ2v) is 8.89. The van der Waals surface area contributed by atoms with Crippen molar-refractivity contribution in [1.29, 1.82) is 0 Å². The van der Waals surface area contributed by atoms with Gasteiger partial charge in [0.2, 0.25) is 10.0 Å². The van der Waals surface area contributed by atoms with Crippen LogP contribution in [-0.4, -0.2) is 63.1 Å². The topological polar surface area (TPSA) is 84.9 Å². The van der Waals surface area contributed by atoms with Crippen LogP contribution < -0.4 is 14.4 Å². The Labute approximate surface area is 166 Å². The first-order valence-corrected chi connectivity index (χ1v) is 10.6. The van der Waals surface area contributed by atoms with Gasteiger partial charge in [0, 0.05) is 33.0 Å². The van der Waals surface area contributed by atoms with Gasteiger partial charge in [-0.25, -0.2) is 18.4 Å². The van der Waals surface area contributed by atoms with Gasteiger partial charge in [0.05, 0.1) is 18.6 Å². The number of hydrogen-bond donors (Lipinski definition) is 0. The summed E-state index contributed by atoms with van der Waals surface area (Å²) in [4.78, 5) is 10.6. The number of anilines is 1. The summed E-state index contributed by atoms with van der Waals surface area (Å²) in [5.41, 5.74) is 0.781. The molecular formula is C19H26N4O4S. The van der Waals surface area contributed by atoms with Crippen LogP contribution in [0.2, 0.25) is 0 Å². The highest BCUT2D eigenvalue weighted by Gasteiger charge is 2.32. The Bertz CT molecular complexity index is 933. The maximum absolute atomic E-state index is 13.1. The molecule has 28 heavy (non-hydrogen) atoms. The third-order valence-electron chi connectivity index (χ3n) is 4.69. The predicted molar refractivity (Wildman–Crippen MR) is 106 cm³/mol. The van der Waals surface area contributed by atoms with Crippen molar-refractivity contribution < 1.29 is 17.9 Å². The van der Waals surface area contributed by atoms with E-state index in [1.807, 2.05) is 25.9 Å². The number of aryl methyl sites for hydroxylation is 1. The highest BCUT2D eigenvalue weighted by Crippen LogP contribution is 2.28. The molecule has 3 rings (SSSR count). The fourth-order valence-corrected chi connectivity index (χ4v) is 4.84. The Kier molecular flexibility index (Phi) is 6.04. The summed E-state index contributed by atoms with van der Waals surface area (Å²) in [7, 11) is 1.68. The van der Waals surface area contributed by atoms with E-state index < -0.39 is 10.0 Å². The van der Waals surface area contributed by atoms with Gasteiger partial charge in [-0.15, -0.1) is 0 Å². The Morgan fingerprint density at radius 2 is 1.96 bits per heavy atom. The van der Waals surface area contributed by atoms with Crippen molar-refractivity contribution in [3.63, 3.8) is 0 Å². The van der Waals surface area contributed by atoms with Crippen LogP contribution in [0, 0.1) is 6.92 Å². The summed E-state index contributed by atoms with van der Waals surface area (Å²) in [6, 6.07) is 4.91. The van der Waals surface area contributed by atoms with Crippen LogP contribution in [0.4, 0.5) is 5.82 Å². The Morgan fingerprint density at radius 1 is 1.21 bits per heavy atom. The molecular weight excluding hydrogens is 380 g/mol. The fourth-order valence-electron chi connectivity index (χ4n) is 3.25. The van der Waals surface area contributed by atoms with Gasteiger partial charge in [-0.3, -0.25) is 0 Å².